The van der Waals surface area contributed by atoms with E-state index in [9.17, 15) is 9.18 Å². The Bertz CT molecular complexity index is 611. The van der Waals surface area contributed by atoms with Gasteiger partial charge in [0.25, 0.3) is 5.91 Å². The number of halogens is 1. The maximum absolute atomic E-state index is 13.0. The molecule has 2 aromatic heterocycles. The summed E-state index contributed by atoms with van der Waals surface area (Å²) in [5, 5.41) is 9.82. The quantitative estimate of drug-likeness (QED) is 0.854. The molecule has 110 valence electrons. The maximum atomic E-state index is 13.0. The van der Waals surface area contributed by atoms with Gasteiger partial charge in [0.05, 0.1) is 6.20 Å². The van der Waals surface area contributed by atoms with Crippen LogP contribution in [0.3, 0.4) is 0 Å². The minimum atomic E-state index is -0.564. The van der Waals surface area contributed by atoms with Gasteiger partial charge in [0.15, 0.2) is 5.69 Å². The van der Waals surface area contributed by atoms with Crippen LogP contribution in [0.1, 0.15) is 23.3 Å². The van der Waals surface area contributed by atoms with Crippen molar-refractivity contribution in [3.63, 3.8) is 0 Å². The molecule has 1 N–H and O–H groups in total. The number of H-pyrrole nitrogens is 1. The molecule has 0 atom stereocenters. The van der Waals surface area contributed by atoms with Crippen LogP contribution in [0.2, 0.25) is 0 Å². The molecular formula is C13H14FN5O2. The first-order valence-corrected chi connectivity index (χ1v) is 6.66. The van der Waals surface area contributed by atoms with Gasteiger partial charge in [-0.15, -0.1) is 0 Å². The zero-order valence-corrected chi connectivity index (χ0v) is 11.2. The lowest BCUT2D eigenvalue weighted by Crippen LogP contribution is -2.42. The zero-order chi connectivity index (χ0) is 14.7. The van der Waals surface area contributed by atoms with E-state index in [0.717, 1.165) is 0 Å². The van der Waals surface area contributed by atoms with Crippen molar-refractivity contribution in [2.24, 2.45) is 0 Å². The fourth-order valence-corrected chi connectivity index (χ4v) is 2.27. The van der Waals surface area contributed by atoms with Gasteiger partial charge >= 0.3 is 0 Å². The van der Waals surface area contributed by atoms with Gasteiger partial charge in [-0.25, -0.2) is 0 Å². The summed E-state index contributed by atoms with van der Waals surface area (Å²) in [4.78, 5) is 17.4. The van der Waals surface area contributed by atoms with E-state index in [4.69, 9.17) is 4.74 Å². The van der Waals surface area contributed by atoms with Gasteiger partial charge < -0.3 is 9.64 Å². The van der Waals surface area contributed by atoms with Gasteiger partial charge in [-0.1, -0.05) is 6.07 Å². The molecule has 7 nitrogen and oxygen atoms in total. The van der Waals surface area contributed by atoms with Crippen molar-refractivity contribution < 1.29 is 13.9 Å². The topological polar surface area (TPSA) is 84.0 Å². The molecule has 0 aliphatic carbocycles. The Kier molecular flexibility index (Phi) is 3.76. The Balaban J connectivity index is 1.54. The van der Waals surface area contributed by atoms with Gasteiger partial charge in [0.2, 0.25) is 11.8 Å². The number of aromatic nitrogens is 4. The second kappa shape index (κ2) is 5.86. The van der Waals surface area contributed by atoms with E-state index in [0.29, 0.717) is 31.6 Å². The number of aromatic amines is 1. The van der Waals surface area contributed by atoms with Crippen LogP contribution in [0.25, 0.3) is 0 Å². The molecule has 3 heterocycles. The summed E-state index contributed by atoms with van der Waals surface area (Å²) in [6.07, 6.45) is 2.67. The van der Waals surface area contributed by atoms with E-state index in [1.807, 2.05) is 0 Å². The Morgan fingerprint density at radius 1 is 1.38 bits per heavy atom. The lowest BCUT2D eigenvalue weighted by atomic mass is 10.1. The monoisotopic (exact) mass is 291 g/mol. The first-order chi connectivity index (χ1) is 10.2. The number of nitrogens with zero attached hydrogens (tertiary/aromatic N) is 4. The molecule has 21 heavy (non-hydrogen) atoms. The van der Waals surface area contributed by atoms with Crippen molar-refractivity contribution in [2.45, 2.75) is 18.9 Å². The number of carbonyl (C=O) groups excluding carboxylic acids is 1. The number of pyridine rings is 1. The predicted octanol–water partition coefficient (Wildman–Crippen LogP) is 1.02. The standard InChI is InChI=1S/C13H14FN5O2/c14-11-2-1-3-12(16-11)21-9-4-6-19(7-5-9)13(20)10-8-15-18-17-10/h1-3,8-9H,4-7H2,(H,15,17,18). The lowest BCUT2D eigenvalue weighted by molar-refractivity contribution is 0.0581. The van der Waals surface area contributed by atoms with E-state index in [2.05, 4.69) is 20.4 Å². The number of ether oxygens (including phenoxy) is 1. The van der Waals surface area contributed by atoms with Crippen molar-refractivity contribution in [3.8, 4) is 5.88 Å². The number of amides is 1. The second-order valence-corrected chi connectivity index (χ2v) is 4.76. The largest absolute Gasteiger partial charge is 0.474 e. The van der Waals surface area contributed by atoms with Crippen LogP contribution in [0.15, 0.2) is 24.4 Å². The summed E-state index contributed by atoms with van der Waals surface area (Å²) in [5.41, 5.74) is 0.307. The third-order valence-corrected chi connectivity index (χ3v) is 3.34. The number of nitrogens with one attached hydrogen (secondary N) is 1. The molecule has 0 aromatic carbocycles. The number of hydrogen-bond acceptors (Lipinski definition) is 5. The predicted molar refractivity (Wildman–Crippen MR) is 70.1 cm³/mol. The highest BCUT2D eigenvalue weighted by molar-refractivity contribution is 5.91. The van der Waals surface area contributed by atoms with E-state index in [1.54, 1.807) is 17.0 Å². The fourth-order valence-electron chi connectivity index (χ4n) is 2.27. The number of carbonyl (C=O) groups is 1. The number of rotatable bonds is 3. The molecule has 2 aromatic rings. The molecule has 0 unspecified atom stereocenters. The minimum Gasteiger partial charge on any atom is -0.474 e. The highest BCUT2D eigenvalue weighted by Crippen LogP contribution is 2.18. The fraction of sp³-hybridized carbons (Fsp3) is 0.385. The Morgan fingerprint density at radius 3 is 2.86 bits per heavy atom. The molecule has 1 saturated heterocycles. The van der Waals surface area contributed by atoms with E-state index in [1.165, 1.54) is 12.3 Å². The van der Waals surface area contributed by atoms with Crippen LogP contribution in [0.5, 0.6) is 5.88 Å². The Hall–Kier alpha value is -2.51. The van der Waals surface area contributed by atoms with Crippen LogP contribution in [-0.2, 0) is 0 Å². The molecule has 0 saturated carbocycles. The molecule has 3 rings (SSSR count). The van der Waals surface area contributed by atoms with Crippen molar-refractivity contribution >= 4 is 5.91 Å². The molecule has 1 aliphatic rings. The first-order valence-electron chi connectivity index (χ1n) is 6.66. The summed E-state index contributed by atoms with van der Waals surface area (Å²) >= 11 is 0. The van der Waals surface area contributed by atoms with Crippen LogP contribution in [-0.4, -0.2) is 50.4 Å². The smallest absolute Gasteiger partial charge is 0.276 e. The first kappa shape index (κ1) is 13.5. The summed E-state index contributed by atoms with van der Waals surface area (Å²) in [6.45, 7) is 1.12. The molecule has 0 bridgehead atoms. The van der Waals surface area contributed by atoms with Crippen LogP contribution in [0.4, 0.5) is 4.39 Å². The van der Waals surface area contributed by atoms with Gasteiger partial charge in [-0.05, 0) is 6.07 Å². The normalized spacial score (nSPS) is 16.0. The Labute approximate surface area is 120 Å². The average molecular weight is 291 g/mol. The van der Waals surface area contributed by atoms with Crippen molar-refractivity contribution in [1.29, 1.82) is 0 Å². The van der Waals surface area contributed by atoms with Crippen LogP contribution < -0.4 is 4.74 Å². The van der Waals surface area contributed by atoms with Gasteiger partial charge in [0.1, 0.15) is 6.10 Å². The van der Waals surface area contributed by atoms with E-state index < -0.39 is 5.95 Å². The molecule has 8 heteroatoms. The molecule has 0 spiro atoms. The SMILES string of the molecule is O=C(c1cn[nH]n1)N1CCC(Oc2cccc(F)n2)CC1. The van der Waals surface area contributed by atoms with E-state index >= 15 is 0 Å². The average Bonchev–Trinajstić information content (AvgIpc) is 3.01. The van der Waals surface area contributed by atoms with Crippen LogP contribution in [0, 0.1) is 5.95 Å². The van der Waals surface area contributed by atoms with Crippen molar-refractivity contribution in [2.75, 3.05) is 13.1 Å². The second-order valence-electron chi connectivity index (χ2n) is 4.76. The van der Waals surface area contributed by atoms with Gasteiger partial charge in [-0.3, -0.25) is 4.79 Å². The molecule has 0 radical (unpaired) electrons. The molecule has 1 fully saturated rings. The zero-order valence-electron chi connectivity index (χ0n) is 11.2. The van der Waals surface area contributed by atoms with Crippen molar-refractivity contribution in [1.82, 2.24) is 25.3 Å². The van der Waals surface area contributed by atoms with Gasteiger partial charge in [0, 0.05) is 32.0 Å². The third-order valence-electron chi connectivity index (χ3n) is 3.34. The minimum absolute atomic E-state index is 0.0688. The third kappa shape index (κ3) is 3.15. The molecule has 1 amide bonds. The number of piperidine rings is 1. The van der Waals surface area contributed by atoms with Crippen molar-refractivity contribution in [3.05, 3.63) is 36.0 Å². The molecular weight excluding hydrogens is 277 g/mol. The van der Waals surface area contributed by atoms with E-state index in [-0.39, 0.29) is 17.9 Å². The summed E-state index contributed by atoms with van der Waals surface area (Å²) in [6, 6.07) is 4.45. The summed E-state index contributed by atoms with van der Waals surface area (Å²) in [7, 11) is 0. The van der Waals surface area contributed by atoms with Crippen LogP contribution >= 0.6 is 0 Å². The number of likely N-dealkylation sites (tertiary alicyclic amines) is 1. The Morgan fingerprint density at radius 2 is 2.19 bits per heavy atom. The van der Waals surface area contributed by atoms with Gasteiger partial charge in [-0.2, -0.15) is 24.8 Å². The summed E-state index contributed by atoms with van der Waals surface area (Å²) < 4.78 is 18.6. The maximum Gasteiger partial charge on any atom is 0.276 e. The lowest BCUT2D eigenvalue weighted by Gasteiger charge is -2.31. The highest BCUT2D eigenvalue weighted by Gasteiger charge is 2.26. The number of hydrogen-bond donors (Lipinski definition) is 1. The molecule has 1 aliphatic heterocycles. The highest BCUT2D eigenvalue weighted by atomic mass is 19.1. The summed E-state index contributed by atoms with van der Waals surface area (Å²) in [5.74, 6) is -0.437.